The summed E-state index contributed by atoms with van der Waals surface area (Å²) in [6.07, 6.45) is 3.81. The third-order valence-corrected chi connectivity index (χ3v) is 3.88. The van der Waals surface area contributed by atoms with Crippen molar-refractivity contribution in [3.63, 3.8) is 0 Å². The molecule has 2 atom stereocenters. The number of hydrogen-bond acceptors (Lipinski definition) is 2. The van der Waals surface area contributed by atoms with Crippen LogP contribution in [0.4, 0.5) is 4.39 Å². The van der Waals surface area contributed by atoms with E-state index in [1.54, 1.807) is 12.3 Å². The molecule has 2 N–H and O–H groups in total. The van der Waals surface area contributed by atoms with Crippen LogP contribution < -0.4 is 5.73 Å². The van der Waals surface area contributed by atoms with Gasteiger partial charge in [0.25, 0.3) is 0 Å². The molecule has 0 aliphatic heterocycles. The number of nitrogens with two attached hydrogens (primary N) is 1. The molecule has 1 aliphatic rings. The third kappa shape index (κ3) is 2.26. The minimum Gasteiger partial charge on any atom is -0.323 e. The summed E-state index contributed by atoms with van der Waals surface area (Å²) in [5.74, 6) is -0.0258. The third-order valence-electron chi connectivity index (χ3n) is 3.88. The van der Waals surface area contributed by atoms with Gasteiger partial charge in [-0.1, -0.05) is 12.1 Å². The van der Waals surface area contributed by atoms with E-state index in [1.165, 1.54) is 11.6 Å². The molecule has 1 heterocycles. The van der Waals surface area contributed by atoms with Gasteiger partial charge < -0.3 is 5.73 Å². The molecule has 2 unspecified atom stereocenters. The Bertz CT molecular complexity index is 589. The number of rotatable bonds is 2. The van der Waals surface area contributed by atoms with Crippen molar-refractivity contribution in [2.24, 2.45) is 5.73 Å². The minimum absolute atomic E-state index is 0.189. The lowest BCUT2D eigenvalue weighted by molar-refractivity contribution is 0.535. The molecule has 2 aromatic rings. The van der Waals surface area contributed by atoms with E-state index in [4.69, 9.17) is 5.73 Å². The maximum Gasteiger partial charge on any atom is 0.123 e. The molecule has 0 amide bonds. The van der Waals surface area contributed by atoms with Crippen molar-refractivity contribution in [1.82, 2.24) is 4.98 Å². The van der Waals surface area contributed by atoms with Crippen LogP contribution in [0.15, 0.2) is 36.5 Å². The molecule has 0 radical (unpaired) electrons. The number of halogens is 1. The lowest BCUT2D eigenvalue weighted by Gasteiger charge is -2.20. The molecular formula is C16H17FN2. The number of benzene rings is 1. The Morgan fingerprint density at radius 1 is 1.37 bits per heavy atom. The number of nitrogens with zero attached hydrogens (tertiary/aromatic N) is 1. The largest absolute Gasteiger partial charge is 0.323 e. The van der Waals surface area contributed by atoms with Crippen LogP contribution in [0.5, 0.6) is 0 Å². The topological polar surface area (TPSA) is 38.9 Å². The molecular weight excluding hydrogens is 239 g/mol. The molecule has 1 aliphatic carbocycles. The summed E-state index contributed by atoms with van der Waals surface area (Å²) in [5, 5.41) is 0. The molecule has 0 fully saturated rings. The van der Waals surface area contributed by atoms with Crippen molar-refractivity contribution in [2.45, 2.75) is 31.7 Å². The van der Waals surface area contributed by atoms with Crippen LogP contribution in [0.3, 0.4) is 0 Å². The summed E-state index contributed by atoms with van der Waals surface area (Å²) in [4.78, 5) is 4.46. The van der Waals surface area contributed by atoms with E-state index in [0.717, 1.165) is 29.7 Å². The summed E-state index contributed by atoms with van der Waals surface area (Å²) in [6, 6.07) is 8.90. The van der Waals surface area contributed by atoms with Gasteiger partial charge in [0.15, 0.2) is 0 Å². The summed E-state index contributed by atoms with van der Waals surface area (Å²) >= 11 is 0. The Morgan fingerprint density at radius 2 is 2.21 bits per heavy atom. The standard InChI is InChI=1S/C16H17FN2/c1-10-7-12(9-13(17)8-10)15(18)14-5-4-11-3-2-6-19-16(11)14/h2-3,6-9,14-15H,4-5,18H2,1H3. The quantitative estimate of drug-likeness (QED) is 0.895. The van der Waals surface area contributed by atoms with Gasteiger partial charge in [-0.25, -0.2) is 4.39 Å². The van der Waals surface area contributed by atoms with Crippen LogP contribution in [0.1, 0.15) is 40.8 Å². The van der Waals surface area contributed by atoms with Crippen LogP contribution in [0.2, 0.25) is 0 Å². The molecule has 3 heteroatoms. The number of hydrogen-bond donors (Lipinski definition) is 1. The predicted molar refractivity (Wildman–Crippen MR) is 73.4 cm³/mol. The van der Waals surface area contributed by atoms with Crippen molar-refractivity contribution >= 4 is 0 Å². The monoisotopic (exact) mass is 256 g/mol. The highest BCUT2D eigenvalue weighted by atomic mass is 19.1. The summed E-state index contributed by atoms with van der Waals surface area (Å²) in [5.41, 5.74) is 10.5. The Labute approximate surface area is 112 Å². The molecule has 19 heavy (non-hydrogen) atoms. The maximum absolute atomic E-state index is 13.5. The van der Waals surface area contributed by atoms with Gasteiger partial charge in [0.2, 0.25) is 0 Å². The molecule has 0 saturated heterocycles. The van der Waals surface area contributed by atoms with Gasteiger partial charge in [0.05, 0.1) is 0 Å². The first-order valence-corrected chi connectivity index (χ1v) is 6.61. The lowest BCUT2D eigenvalue weighted by Crippen LogP contribution is -2.19. The van der Waals surface area contributed by atoms with Gasteiger partial charge in [-0.05, 0) is 54.7 Å². The molecule has 2 nitrogen and oxygen atoms in total. The molecule has 0 saturated carbocycles. The number of fused-ring (bicyclic) bond motifs is 1. The maximum atomic E-state index is 13.5. The Hall–Kier alpha value is -1.74. The zero-order valence-electron chi connectivity index (χ0n) is 10.9. The van der Waals surface area contributed by atoms with E-state index in [2.05, 4.69) is 11.1 Å². The smallest absolute Gasteiger partial charge is 0.123 e. The average Bonchev–Trinajstić information content (AvgIpc) is 2.80. The molecule has 1 aromatic heterocycles. The highest BCUT2D eigenvalue weighted by molar-refractivity contribution is 5.34. The van der Waals surface area contributed by atoms with E-state index < -0.39 is 0 Å². The average molecular weight is 256 g/mol. The zero-order chi connectivity index (χ0) is 13.4. The van der Waals surface area contributed by atoms with Crippen molar-refractivity contribution < 1.29 is 4.39 Å². The number of aromatic nitrogens is 1. The van der Waals surface area contributed by atoms with Gasteiger partial charge in [0, 0.05) is 23.9 Å². The van der Waals surface area contributed by atoms with Crippen LogP contribution in [-0.4, -0.2) is 4.98 Å². The first-order valence-electron chi connectivity index (χ1n) is 6.61. The van der Waals surface area contributed by atoms with Crippen LogP contribution in [0.25, 0.3) is 0 Å². The van der Waals surface area contributed by atoms with Crippen molar-refractivity contribution in [3.8, 4) is 0 Å². The summed E-state index contributed by atoms with van der Waals surface area (Å²) in [6.45, 7) is 1.89. The number of aryl methyl sites for hydroxylation is 2. The van der Waals surface area contributed by atoms with E-state index >= 15 is 0 Å². The summed E-state index contributed by atoms with van der Waals surface area (Å²) in [7, 11) is 0. The highest BCUT2D eigenvalue weighted by Gasteiger charge is 2.29. The van der Waals surface area contributed by atoms with Gasteiger partial charge >= 0.3 is 0 Å². The second-order valence-corrected chi connectivity index (χ2v) is 5.28. The van der Waals surface area contributed by atoms with E-state index in [0.29, 0.717) is 0 Å². The Kier molecular flexibility index (Phi) is 3.07. The second-order valence-electron chi connectivity index (χ2n) is 5.28. The molecule has 3 rings (SSSR count). The van der Waals surface area contributed by atoms with Crippen LogP contribution in [-0.2, 0) is 6.42 Å². The first kappa shape index (κ1) is 12.3. The van der Waals surface area contributed by atoms with E-state index in [1.807, 2.05) is 19.1 Å². The van der Waals surface area contributed by atoms with Crippen molar-refractivity contribution in [2.75, 3.05) is 0 Å². The van der Waals surface area contributed by atoms with Crippen molar-refractivity contribution in [1.29, 1.82) is 0 Å². The van der Waals surface area contributed by atoms with Gasteiger partial charge in [-0.3, -0.25) is 4.98 Å². The molecule has 0 spiro atoms. The highest BCUT2D eigenvalue weighted by Crippen LogP contribution is 2.39. The zero-order valence-corrected chi connectivity index (χ0v) is 10.9. The fourth-order valence-electron chi connectivity index (χ4n) is 2.98. The fourth-order valence-corrected chi connectivity index (χ4v) is 2.98. The molecule has 0 bridgehead atoms. The van der Waals surface area contributed by atoms with E-state index in [9.17, 15) is 4.39 Å². The number of pyridine rings is 1. The van der Waals surface area contributed by atoms with Crippen LogP contribution in [0, 0.1) is 12.7 Å². The predicted octanol–water partition coefficient (Wildman–Crippen LogP) is 3.26. The normalized spacial score (nSPS) is 19.2. The minimum atomic E-state index is -0.218. The van der Waals surface area contributed by atoms with E-state index in [-0.39, 0.29) is 17.8 Å². The Balaban J connectivity index is 1.95. The van der Waals surface area contributed by atoms with Crippen LogP contribution >= 0.6 is 0 Å². The first-order chi connectivity index (χ1) is 9.15. The lowest BCUT2D eigenvalue weighted by atomic mass is 9.91. The summed E-state index contributed by atoms with van der Waals surface area (Å²) < 4.78 is 13.5. The van der Waals surface area contributed by atoms with Gasteiger partial charge in [-0.2, -0.15) is 0 Å². The van der Waals surface area contributed by atoms with Gasteiger partial charge in [0.1, 0.15) is 5.82 Å². The fraction of sp³-hybridized carbons (Fsp3) is 0.312. The second kappa shape index (κ2) is 4.74. The molecule has 1 aromatic carbocycles. The molecule has 98 valence electrons. The van der Waals surface area contributed by atoms with Gasteiger partial charge in [-0.15, -0.1) is 0 Å². The SMILES string of the molecule is Cc1cc(F)cc(C(N)C2CCc3cccnc32)c1. The van der Waals surface area contributed by atoms with Crippen molar-refractivity contribution in [3.05, 3.63) is 64.7 Å². The Morgan fingerprint density at radius 3 is 3.00 bits per heavy atom.